The Kier molecular flexibility index (Phi) is 3.77. The van der Waals surface area contributed by atoms with Crippen molar-refractivity contribution in [1.29, 1.82) is 0 Å². The SMILES string of the molecule is CC[Si]1(CC)CC[Si](CC)(CC)O1. The molecule has 0 bridgehead atoms. The average Bonchev–Trinajstić information content (AvgIpc) is 2.59. The Hall–Kier alpha value is 0.394. The molecule has 0 N–H and O–H groups in total. The van der Waals surface area contributed by atoms with Crippen LogP contribution in [0.1, 0.15) is 27.7 Å². The molecule has 0 aliphatic carbocycles. The summed E-state index contributed by atoms with van der Waals surface area (Å²) in [5, 5.41) is 0. The summed E-state index contributed by atoms with van der Waals surface area (Å²) in [5.74, 6) is 0. The van der Waals surface area contributed by atoms with Crippen LogP contribution >= 0.6 is 0 Å². The molecule has 1 nitrogen and oxygen atoms in total. The molecule has 1 heterocycles. The fourth-order valence-electron chi connectivity index (χ4n) is 2.51. The summed E-state index contributed by atoms with van der Waals surface area (Å²) in [7, 11) is -2.39. The molecule has 0 aromatic carbocycles. The van der Waals surface area contributed by atoms with Crippen molar-refractivity contribution in [2.75, 3.05) is 0 Å². The van der Waals surface area contributed by atoms with Gasteiger partial charge in [-0.25, -0.2) is 0 Å². The Balaban J connectivity index is 2.69. The zero-order valence-corrected chi connectivity index (χ0v) is 11.7. The highest BCUT2D eigenvalue weighted by molar-refractivity contribution is 6.91. The molecule has 78 valence electrons. The van der Waals surface area contributed by atoms with Crippen molar-refractivity contribution in [2.24, 2.45) is 0 Å². The van der Waals surface area contributed by atoms with Crippen LogP contribution in [-0.2, 0) is 4.12 Å². The van der Waals surface area contributed by atoms with E-state index in [-0.39, 0.29) is 0 Å². The van der Waals surface area contributed by atoms with Gasteiger partial charge in [0.1, 0.15) is 0 Å². The highest BCUT2D eigenvalue weighted by Crippen LogP contribution is 2.41. The lowest BCUT2D eigenvalue weighted by Crippen LogP contribution is -2.41. The molecule has 1 rings (SSSR count). The summed E-state index contributed by atoms with van der Waals surface area (Å²) in [6.45, 7) is 9.36. The van der Waals surface area contributed by atoms with Crippen LogP contribution in [0.3, 0.4) is 0 Å². The standard InChI is InChI=1S/C10H24OSi2/c1-5-12(6-2)9-10-13(7-3,8-4)11-12/h5-10H2,1-4H3. The molecule has 13 heavy (non-hydrogen) atoms. The molecule has 0 saturated carbocycles. The van der Waals surface area contributed by atoms with Crippen LogP contribution in [0, 0.1) is 0 Å². The van der Waals surface area contributed by atoms with Gasteiger partial charge in [-0.1, -0.05) is 27.7 Å². The summed E-state index contributed by atoms with van der Waals surface area (Å²) in [6.07, 6.45) is 0. The van der Waals surface area contributed by atoms with E-state index in [1.165, 1.54) is 36.3 Å². The summed E-state index contributed by atoms with van der Waals surface area (Å²) in [6, 6.07) is 8.31. The Morgan fingerprint density at radius 1 is 0.769 bits per heavy atom. The van der Waals surface area contributed by atoms with Gasteiger partial charge in [-0.05, 0) is 36.3 Å². The van der Waals surface area contributed by atoms with Gasteiger partial charge in [0.05, 0.1) is 0 Å². The van der Waals surface area contributed by atoms with Crippen molar-refractivity contribution in [1.82, 2.24) is 0 Å². The van der Waals surface area contributed by atoms with E-state index >= 15 is 0 Å². The maximum atomic E-state index is 6.61. The molecule has 0 radical (unpaired) electrons. The van der Waals surface area contributed by atoms with E-state index in [4.69, 9.17) is 4.12 Å². The van der Waals surface area contributed by atoms with Crippen LogP contribution in [0.2, 0.25) is 36.3 Å². The highest BCUT2D eigenvalue weighted by atomic mass is 28.4. The van der Waals surface area contributed by atoms with E-state index in [2.05, 4.69) is 27.7 Å². The van der Waals surface area contributed by atoms with Crippen molar-refractivity contribution in [2.45, 2.75) is 64.0 Å². The molecule has 0 spiro atoms. The summed E-state index contributed by atoms with van der Waals surface area (Å²) in [5.41, 5.74) is 0. The summed E-state index contributed by atoms with van der Waals surface area (Å²) in [4.78, 5) is 0. The average molecular weight is 216 g/mol. The number of hydrogen-bond acceptors (Lipinski definition) is 1. The maximum Gasteiger partial charge on any atom is 0.178 e. The van der Waals surface area contributed by atoms with Crippen LogP contribution < -0.4 is 0 Å². The largest absolute Gasteiger partial charge is 0.455 e. The predicted molar refractivity (Wildman–Crippen MR) is 64.1 cm³/mol. The van der Waals surface area contributed by atoms with Gasteiger partial charge in [0, 0.05) is 0 Å². The third-order valence-electron chi connectivity index (χ3n) is 4.05. The minimum Gasteiger partial charge on any atom is -0.455 e. The van der Waals surface area contributed by atoms with Crippen LogP contribution in [0.15, 0.2) is 0 Å². The quantitative estimate of drug-likeness (QED) is 0.646. The molecule has 1 fully saturated rings. The highest BCUT2D eigenvalue weighted by Gasteiger charge is 2.48. The van der Waals surface area contributed by atoms with Gasteiger partial charge >= 0.3 is 0 Å². The minimum absolute atomic E-state index is 1.20. The Morgan fingerprint density at radius 3 is 1.23 bits per heavy atom. The van der Waals surface area contributed by atoms with Crippen molar-refractivity contribution in [3.63, 3.8) is 0 Å². The third-order valence-corrected chi connectivity index (χ3v) is 15.5. The Labute approximate surface area is 85.1 Å². The second-order valence-corrected chi connectivity index (χ2v) is 13.8. The summed E-state index contributed by atoms with van der Waals surface area (Å²) < 4.78 is 6.61. The van der Waals surface area contributed by atoms with Crippen LogP contribution in [0.4, 0.5) is 0 Å². The zero-order valence-electron chi connectivity index (χ0n) is 9.65. The maximum absolute atomic E-state index is 6.61. The lowest BCUT2D eigenvalue weighted by molar-refractivity contribution is 0.542. The molecular weight excluding hydrogens is 192 g/mol. The molecule has 1 aliphatic heterocycles. The molecule has 1 aliphatic rings. The Morgan fingerprint density at radius 2 is 1.08 bits per heavy atom. The first-order chi connectivity index (χ1) is 6.16. The minimum atomic E-state index is -1.20. The van der Waals surface area contributed by atoms with E-state index in [9.17, 15) is 0 Å². The monoisotopic (exact) mass is 216 g/mol. The van der Waals surface area contributed by atoms with Crippen molar-refractivity contribution >= 4 is 16.6 Å². The van der Waals surface area contributed by atoms with Gasteiger partial charge in [0.15, 0.2) is 16.6 Å². The second-order valence-electron chi connectivity index (χ2n) is 4.38. The lowest BCUT2D eigenvalue weighted by atomic mass is 10.9. The zero-order chi connectivity index (χ0) is 9.95. The van der Waals surface area contributed by atoms with E-state index in [0.717, 1.165) is 0 Å². The fraction of sp³-hybridized carbons (Fsp3) is 1.00. The van der Waals surface area contributed by atoms with E-state index in [1.807, 2.05) is 0 Å². The molecule has 0 unspecified atom stereocenters. The predicted octanol–water partition coefficient (Wildman–Crippen LogP) is 3.99. The van der Waals surface area contributed by atoms with Crippen LogP contribution in [0.25, 0.3) is 0 Å². The molecular formula is C10H24OSi2. The normalized spacial score (nSPS) is 24.9. The smallest absolute Gasteiger partial charge is 0.178 e. The lowest BCUT2D eigenvalue weighted by Gasteiger charge is -2.30. The molecule has 0 aromatic heterocycles. The van der Waals surface area contributed by atoms with Gasteiger partial charge in [-0.3, -0.25) is 0 Å². The van der Waals surface area contributed by atoms with E-state index < -0.39 is 16.6 Å². The van der Waals surface area contributed by atoms with Gasteiger partial charge in [-0.15, -0.1) is 0 Å². The van der Waals surface area contributed by atoms with Gasteiger partial charge in [0.2, 0.25) is 0 Å². The first-order valence-electron chi connectivity index (χ1n) is 5.86. The molecule has 0 atom stereocenters. The summed E-state index contributed by atoms with van der Waals surface area (Å²) >= 11 is 0. The molecule has 0 aromatic rings. The van der Waals surface area contributed by atoms with Crippen molar-refractivity contribution < 1.29 is 4.12 Å². The Bertz CT molecular complexity index is 144. The van der Waals surface area contributed by atoms with Crippen LogP contribution in [0.5, 0.6) is 0 Å². The van der Waals surface area contributed by atoms with Gasteiger partial charge < -0.3 is 4.12 Å². The van der Waals surface area contributed by atoms with Crippen LogP contribution in [-0.4, -0.2) is 16.6 Å². The number of rotatable bonds is 4. The van der Waals surface area contributed by atoms with Gasteiger partial charge in [-0.2, -0.15) is 0 Å². The number of hydrogen-bond donors (Lipinski definition) is 0. The second kappa shape index (κ2) is 4.28. The topological polar surface area (TPSA) is 9.23 Å². The fourth-order valence-corrected chi connectivity index (χ4v) is 15.4. The molecule has 1 saturated heterocycles. The van der Waals surface area contributed by atoms with Gasteiger partial charge in [0.25, 0.3) is 0 Å². The first kappa shape index (κ1) is 11.5. The molecule has 0 amide bonds. The van der Waals surface area contributed by atoms with Crippen molar-refractivity contribution in [3.05, 3.63) is 0 Å². The van der Waals surface area contributed by atoms with Crippen molar-refractivity contribution in [3.8, 4) is 0 Å². The van der Waals surface area contributed by atoms with E-state index in [0.29, 0.717) is 0 Å². The van der Waals surface area contributed by atoms with E-state index in [1.54, 1.807) is 0 Å². The third kappa shape index (κ3) is 2.08. The molecule has 3 heteroatoms. The first-order valence-corrected chi connectivity index (χ1v) is 10.9.